The third-order valence-electron chi connectivity index (χ3n) is 2.04. The molecule has 3 nitrogen and oxygen atoms in total. The highest BCUT2D eigenvalue weighted by molar-refractivity contribution is 5.80. The zero-order chi connectivity index (χ0) is 8.27. The Morgan fingerprint density at radius 1 is 1.73 bits per heavy atom. The molecule has 2 atom stereocenters. The molecular formula is C8H14N2O. The van der Waals surface area contributed by atoms with Crippen LogP contribution in [0, 0.1) is 0 Å². The molecule has 0 aliphatic carbocycles. The second-order valence-electron chi connectivity index (χ2n) is 2.92. The minimum Gasteiger partial charge on any atom is -0.368 e. The Bertz CT molecular complexity index is 167. The van der Waals surface area contributed by atoms with E-state index in [1.807, 2.05) is 6.08 Å². The van der Waals surface area contributed by atoms with Gasteiger partial charge in [0.1, 0.15) is 0 Å². The summed E-state index contributed by atoms with van der Waals surface area (Å²) in [6.45, 7) is 3.64. The molecule has 3 N–H and O–H groups in total. The van der Waals surface area contributed by atoms with E-state index < -0.39 is 0 Å². The van der Waals surface area contributed by atoms with Gasteiger partial charge in [0.25, 0.3) is 0 Å². The largest absolute Gasteiger partial charge is 0.368 e. The zero-order valence-electron chi connectivity index (χ0n) is 6.55. The summed E-state index contributed by atoms with van der Waals surface area (Å²) < 4.78 is 0. The minimum atomic E-state index is -0.239. The average molecular weight is 154 g/mol. The summed E-state index contributed by atoms with van der Waals surface area (Å²) >= 11 is 0. The van der Waals surface area contributed by atoms with E-state index in [4.69, 9.17) is 5.73 Å². The Hall–Kier alpha value is -0.830. The molecule has 1 saturated heterocycles. The Morgan fingerprint density at radius 3 is 2.91 bits per heavy atom. The van der Waals surface area contributed by atoms with Gasteiger partial charge in [-0.3, -0.25) is 4.79 Å². The van der Waals surface area contributed by atoms with Crippen molar-refractivity contribution in [2.24, 2.45) is 5.73 Å². The molecular weight excluding hydrogens is 140 g/mol. The van der Waals surface area contributed by atoms with E-state index in [1.54, 1.807) is 0 Å². The van der Waals surface area contributed by atoms with Crippen LogP contribution < -0.4 is 11.1 Å². The number of carbonyl (C=O) groups is 1. The van der Waals surface area contributed by atoms with Gasteiger partial charge in [-0.1, -0.05) is 6.08 Å². The number of nitrogens with two attached hydrogens (primary N) is 1. The average Bonchev–Trinajstić information content (AvgIpc) is 2.37. The van der Waals surface area contributed by atoms with Crippen LogP contribution in [0.15, 0.2) is 12.7 Å². The Labute approximate surface area is 66.6 Å². The summed E-state index contributed by atoms with van der Waals surface area (Å²) in [5.41, 5.74) is 5.13. The molecule has 2 unspecified atom stereocenters. The van der Waals surface area contributed by atoms with Crippen molar-refractivity contribution < 1.29 is 4.79 Å². The van der Waals surface area contributed by atoms with Crippen LogP contribution in [0.3, 0.4) is 0 Å². The van der Waals surface area contributed by atoms with Gasteiger partial charge in [-0.05, 0) is 19.3 Å². The fourth-order valence-corrected chi connectivity index (χ4v) is 1.43. The zero-order valence-corrected chi connectivity index (χ0v) is 6.55. The standard InChI is InChI=1S/C8H14N2O/c1-2-3-6-4-5-7(10-6)8(9)11/h2,6-7,10H,1,3-5H2,(H2,9,11). The van der Waals surface area contributed by atoms with Crippen molar-refractivity contribution in [3.63, 3.8) is 0 Å². The summed E-state index contributed by atoms with van der Waals surface area (Å²) in [7, 11) is 0. The first-order chi connectivity index (χ1) is 5.24. The Morgan fingerprint density at radius 2 is 2.45 bits per heavy atom. The van der Waals surface area contributed by atoms with Crippen LogP contribution >= 0.6 is 0 Å². The van der Waals surface area contributed by atoms with E-state index >= 15 is 0 Å². The monoisotopic (exact) mass is 154 g/mol. The molecule has 0 aromatic rings. The van der Waals surface area contributed by atoms with E-state index in [0.29, 0.717) is 6.04 Å². The van der Waals surface area contributed by atoms with E-state index in [0.717, 1.165) is 19.3 Å². The van der Waals surface area contributed by atoms with Gasteiger partial charge in [0.2, 0.25) is 5.91 Å². The maximum absolute atomic E-state index is 10.7. The fraction of sp³-hybridized carbons (Fsp3) is 0.625. The summed E-state index contributed by atoms with van der Waals surface area (Å²) in [5.74, 6) is -0.239. The fourth-order valence-electron chi connectivity index (χ4n) is 1.43. The molecule has 1 rings (SSSR count). The third kappa shape index (κ3) is 2.05. The molecule has 1 amide bonds. The number of hydrogen-bond donors (Lipinski definition) is 2. The highest BCUT2D eigenvalue weighted by atomic mass is 16.1. The van der Waals surface area contributed by atoms with Crippen molar-refractivity contribution in [3.8, 4) is 0 Å². The predicted molar refractivity (Wildman–Crippen MR) is 44.0 cm³/mol. The van der Waals surface area contributed by atoms with E-state index in [1.165, 1.54) is 0 Å². The topological polar surface area (TPSA) is 55.1 Å². The second-order valence-corrected chi connectivity index (χ2v) is 2.92. The predicted octanol–water partition coefficient (Wildman–Crippen LogP) is 0.168. The van der Waals surface area contributed by atoms with Crippen LogP contribution in [-0.4, -0.2) is 18.0 Å². The van der Waals surface area contributed by atoms with Crippen LogP contribution in [0.1, 0.15) is 19.3 Å². The summed E-state index contributed by atoms with van der Waals surface area (Å²) in [5, 5.41) is 3.15. The maximum Gasteiger partial charge on any atom is 0.234 e. The Kier molecular flexibility index (Phi) is 2.65. The lowest BCUT2D eigenvalue weighted by Gasteiger charge is -2.08. The summed E-state index contributed by atoms with van der Waals surface area (Å²) in [6, 6.07) is 0.296. The van der Waals surface area contributed by atoms with Crippen LogP contribution in [0.25, 0.3) is 0 Å². The number of rotatable bonds is 3. The summed E-state index contributed by atoms with van der Waals surface area (Å²) in [4.78, 5) is 10.7. The number of nitrogens with one attached hydrogen (secondary N) is 1. The smallest absolute Gasteiger partial charge is 0.234 e. The van der Waals surface area contributed by atoms with Crippen LogP contribution in [-0.2, 0) is 4.79 Å². The molecule has 1 heterocycles. The molecule has 0 bridgehead atoms. The molecule has 0 saturated carbocycles. The number of primary amides is 1. The highest BCUT2D eigenvalue weighted by Crippen LogP contribution is 2.14. The molecule has 62 valence electrons. The first-order valence-electron chi connectivity index (χ1n) is 3.90. The van der Waals surface area contributed by atoms with Crippen molar-refractivity contribution in [3.05, 3.63) is 12.7 Å². The number of hydrogen-bond acceptors (Lipinski definition) is 2. The molecule has 0 radical (unpaired) electrons. The van der Waals surface area contributed by atoms with Gasteiger partial charge in [0.05, 0.1) is 6.04 Å². The van der Waals surface area contributed by atoms with Gasteiger partial charge in [-0.15, -0.1) is 6.58 Å². The lowest BCUT2D eigenvalue weighted by atomic mass is 10.1. The molecule has 1 aliphatic rings. The van der Waals surface area contributed by atoms with Gasteiger partial charge >= 0.3 is 0 Å². The molecule has 1 aliphatic heterocycles. The van der Waals surface area contributed by atoms with Crippen LogP contribution in [0.2, 0.25) is 0 Å². The lowest BCUT2D eigenvalue weighted by molar-refractivity contribution is -0.119. The Balaban J connectivity index is 2.34. The molecule has 3 heteroatoms. The SMILES string of the molecule is C=CCC1CCC(C(N)=O)N1. The third-order valence-corrected chi connectivity index (χ3v) is 2.04. The molecule has 1 fully saturated rings. The van der Waals surface area contributed by atoms with Gasteiger partial charge in [-0.25, -0.2) is 0 Å². The van der Waals surface area contributed by atoms with Gasteiger partial charge in [0.15, 0.2) is 0 Å². The van der Waals surface area contributed by atoms with Gasteiger partial charge < -0.3 is 11.1 Å². The molecule has 0 aromatic heterocycles. The number of carbonyl (C=O) groups excluding carboxylic acids is 1. The van der Waals surface area contributed by atoms with Crippen molar-refractivity contribution in [1.29, 1.82) is 0 Å². The second kappa shape index (κ2) is 3.53. The lowest BCUT2D eigenvalue weighted by Crippen LogP contribution is -2.39. The van der Waals surface area contributed by atoms with Gasteiger partial charge in [-0.2, -0.15) is 0 Å². The highest BCUT2D eigenvalue weighted by Gasteiger charge is 2.25. The first-order valence-corrected chi connectivity index (χ1v) is 3.90. The maximum atomic E-state index is 10.7. The van der Waals surface area contributed by atoms with E-state index in [-0.39, 0.29) is 11.9 Å². The molecule has 11 heavy (non-hydrogen) atoms. The minimum absolute atomic E-state index is 0.111. The van der Waals surface area contributed by atoms with Crippen molar-refractivity contribution >= 4 is 5.91 Å². The van der Waals surface area contributed by atoms with Crippen LogP contribution in [0.5, 0.6) is 0 Å². The van der Waals surface area contributed by atoms with Crippen molar-refractivity contribution in [2.75, 3.05) is 0 Å². The molecule has 0 aromatic carbocycles. The molecule has 0 spiro atoms. The van der Waals surface area contributed by atoms with E-state index in [2.05, 4.69) is 11.9 Å². The number of amides is 1. The van der Waals surface area contributed by atoms with Crippen molar-refractivity contribution in [1.82, 2.24) is 5.32 Å². The first kappa shape index (κ1) is 8.27. The van der Waals surface area contributed by atoms with Crippen LogP contribution in [0.4, 0.5) is 0 Å². The van der Waals surface area contributed by atoms with Gasteiger partial charge in [0, 0.05) is 6.04 Å². The summed E-state index contributed by atoms with van der Waals surface area (Å²) in [6.07, 6.45) is 4.68. The normalized spacial score (nSPS) is 30.2. The van der Waals surface area contributed by atoms with E-state index in [9.17, 15) is 4.79 Å². The van der Waals surface area contributed by atoms with Crippen molar-refractivity contribution in [2.45, 2.75) is 31.3 Å². The quantitative estimate of drug-likeness (QED) is 0.569.